The van der Waals surface area contributed by atoms with E-state index in [9.17, 15) is 8.42 Å². The van der Waals surface area contributed by atoms with Crippen molar-refractivity contribution in [1.29, 1.82) is 0 Å². The average Bonchev–Trinajstić information content (AvgIpc) is 2.30. The van der Waals surface area contributed by atoms with Crippen molar-refractivity contribution in [2.75, 3.05) is 6.26 Å². The first kappa shape index (κ1) is 15.9. The summed E-state index contributed by atoms with van der Waals surface area (Å²) < 4.78 is 24.2. The van der Waals surface area contributed by atoms with Crippen molar-refractivity contribution in [3.05, 3.63) is 0 Å². The lowest BCUT2D eigenvalue weighted by Crippen LogP contribution is -2.35. The Morgan fingerprint density at radius 3 is 1.67 bits per heavy atom. The van der Waals surface area contributed by atoms with Gasteiger partial charge in [0.25, 0.3) is 0 Å². The average molecular weight is 276 g/mol. The van der Waals surface area contributed by atoms with Gasteiger partial charge in [-0.2, -0.15) is 0 Å². The predicted molar refractivity (Wildman–Crippen MR) is 75.9 cm³/mol. The monoisotopic (exact) mass is 276 g/mol. The Labute approximate surface area is 112 Å². The highest BCUT2D eigenvalue weighted by Crippen LogP contribution is 2.17. The fourth-order valence-electron chi connectivity index (χ4n) is 2.66. The maximum atomic E-state index is 10.8. The second-order valence-corrected chi connectivity index (χ2v) is 7.40. The van der Waals surface area contributed by atoms with Crippen molar-refractivity contribution in [3.63, 3.8) is 0 Å². The number of hydrogen-bond acceptors (Lipinski definition) is 3. The number of rotatable bonds is 2. The molecule has 108 valence electrons. The first-order chi connectivity index (χ1) is 8.47. The van der Waals surface area contributed by atoms with Gasteiger partial charge in [-0.15, -0.1) is 0 Å². The van der Waals surface area contributed by atoms with Gasteiger partial charge in [-0.25, -0.2) is 13.1 Å². The molecule has 3 N–H and O–H groups in total. The smallest absolute Gasteiger partial charge is 0.208 e. The SMILES string of the molecule is CS(=O)(=O)NC1CCCCC1.NC1CCCCC1. The van der Waals surface area contributed by atoms with E-state index in [1.165, 1.54) is 44.8 Å². The molecule has 2 fully saturated rings. The number of nitrogens with two attached hydrogens (primary N) is 1. The fourth-order valence-corrected chi connectivity index (χ4v) is 3.50. The molecule has 0 amide bonds. The summed E-state index contributed by atoms with van der Waals surface area (Å²) in [5.74, 6) is 0. The Kier molecular flexibility index (Phi) is 7.19. The summed E-state index contributed by atoms with van der Waals surface area (Å²) in [6.07, 6.45) is 13.5. The molecule has 0 aliphatic heterocycles. The van der Waals surface area contributed by atoms with E-state index in [1.54, 1.807) is 0 Å². The molecule has 0 saturated heterocycles. The van der Waals surface area contributed by atoms with Crippen molar-refractivity contribution in [1.82, 2.24) is 4.72 Å². The lowest BCUT2D eigenvalue weighted by atomic mass is 9.96. The van der Waals surface area contributed by atoms with Crippen LogP contribution in [0.1, 0.15) is 64.2 Å². The minimum atomic E-state index is -2.97. The molecule has 0 spiro atoms. The van der Waals surface area contributed by atoms with Crippen LogP contribution < -0.4 is 10.5 Å². The van der Waals surface area contributed by atoms with Gasteiger partial charge in [0, 0.05) is 12.1 Å². The molecule has 0 aromatic rings. The molecule has 0 aromatic heterocycles. The molecule has 0 radical (unpaired) electrons. The molecule has 0 atom stereocenters. The summed E-state index contributed by atoms with van der Waals surface area (Å²) in [6, 6.07) is 0.743. The highest BCUT2D eigenvalue weighted by molar-refractivity contribution is 7.88. The van der Waals surface area contributed by atoms with Crippen LogP contribution in [0.5, 0.6) is 0 Å². The number of nitrogens with one attached hydrogen (secondary N) is 1. The second-order valence-electron chi connectivity index (χ2n) is 5.62. The van der Waals surface area contributed by atoms with Crippen molar-refractivity contribution in [3.8, 4) is 0 Å². The zero-order valence-electron chi connectivity index (χ0n) is 11.5. The van der Waals surface area contributed by atoms with Crippen LogP contribution in [0.2, 0.25) is 0 Å². The first-order valence-corrected chi connectivity index (χ1v) is 9.09. The topological polar surface area (TPSA) is 72.2 Å². The third-order valence-corrected chi connectivity index (χ3v) is 4.40. The molecule has 2 saturated carbocycles. The molecule has 2 aliphatic carbocycles. The van der Waals surface area contributed by atoms with Crippen LogP contribution in [0.3, 0.4) is 0 Å². The predicted octanol–water partition coefficient (Wildman–Crippen LogP) is 2.15. The molecule has 18 heavy (non-hydrogen) atoms. The van der Waals surface area contributed by atoms with Gasteiger partial charge in [0.05, 0.1) is 6.26 Å². The first-order valence-electron chi connectivity index (χ1n) is 7.20. The van der Waals surface area contributed by atoms with E-state index in [-0.39, 0.29) is 6.04 Å². The van der Waals surface area contributed by atoms with Crippen LogP contribution in [0.15, 0.2) is 0 Å². The summed E-state index contributed by atoms with van der Waals surface area (Å²) in [7, 11) is -2.97. The third-order valence-electron chi connectivity index (χ3n) is 3.64. The third kappa shape index (κ3) is 8.06. The van der Waals surface area contributed by atoms with Crippen LogP contribution in [0.4, 0.5) is 0 Å². The maximum Gasteiger partial charge on any atom is 0.208 e. The number of sulfonamides is 1. The molecule has 0 bridgehead atoms. The molecule has 0 aromatic carbocycles. The quantitative estimate of drug-likeness (QED) is 0.811. The van der Waals surface area contributed by atoms with Gasteiger partial charge in [0.2, 0.25) is 10.0 Å². The minimum Gasteiger partial charge on any atom is -0.328 e. The van der Waals surface area contributed by atoms with E-state index < -0.39 is 10.0 Å². The Hall–Kier alpha value is -0.130. The van der Waals surface area contributed by atoms with Gasteiger partial charge in [-0.1, -0.05) is 38.5 Å². The summed E-state index contributed by atoms with van der Waals surface area (Å²) in [5.41, 5.74) is 5.63. The standard InChI is InChI=1S/C7H15NO2S.C6H13N/c1-11(9,10)8-7-5-3-2-4-6-7;7-6-4-2-1-3-5-6/h7-8H,2-6H2,1H3;6H,1-5,7H2. The Morgan fingerprint density at radius 1 is 0.889 bits per heavy atom. The molecule has 2 aliphatic rings. The van der Waals surface area contributed by atoms with Crippen molar-refractivity contribution in [2.24, 2.45) is 5.73 Å². The molecule has 0 heterocycles. The summed E-state index contributed by atoms with van der Waals surface area (Å²) >= 11 is 0. The van der Waals surface area contributed by atoms with Crippen LogP contribution in [-0.2, 0) is 10.0 Å². The van der Waals surface area contributed by atoms with Gasteiger partial charge in [-0.05, 0) is 25.7 Å². The van der Waals surface area contributed by atoms with E-state index in [0.29, 0.717) is 6.04 Å². The summed E-state index contributed by atoms with van der Waals surface area (Å²) in [5, 5.41) is 0. The maximum absolute atomic E-state index is 10.8. The van der Waals surface area contributed by atoms with Gasteiger partial charge in [0.1, 0.15) is 0 Å². The molecular weight excluding hydrogens is 248 g/mol. The molecular formula is C13H28N2O2S. The van der Waals surface area contributed by atoms with E-state index in [2.05, 4.69) is 4.72 Å². The lowest BCUT2D eigenvalue weighted by molar-refractivity contribution is 0.413. The molecule has 4 nitrogen and oxygen atoms in total. The van der Waals surface area contributed by atoms with Gasteiger partial charge < -0.3 is 5.73 Å². The van der Waals surface area contributed by atoms with Crippen LogP contribution >= 0.6 is 0 Å². The largest absolute Gasteiger partial charge is 0.328 e. The van der Waals surface area contributed by atoms with E-state index >= 15 is 0 Å². The van der Waals surface area contributed by atoms with Gasteiger partial charge in [-0.3, -0.25) is 0 Å². The highest BCUT2D eigenvalue weighted by Gasteiger charge is 2.16. The van der Waals surface area contributed by atoms with Crippen molar-refractivity contribution in [2.45, 2.75) is 76.3 Å². The van der Waals surface area contributed by atoms with Gasteiger partial charge in [0.15, 0.2) is 0 Å². The van der Waals surface area contributed by atoms with E-state index in [4.69, 9.17) is 5.73 Å². The van der Waals surface area contributed by atoms with Crippen LogP contribution in [0.25, 0.3) is 0 Å². The Bertz CT molecular complexity index is 305. The summed E-state index contributed by atoms with van der Waals surface area (Å²) in [6.45, 7) is 0. The van der Waals surface area contributed by atoms with Crippen LogP contribution in [-0.4, -0.2) is 26.8 Å². The van der Waals surface area contributed by atoms with E-state index in [1.807, 2.05) is 0 Å². The zero-order valence-corrected chi connectivity index (χ0v) is 12.3. The highest BCUT2D eigenvalue weighted by atomic mass is 32.2. The Morgan fingerprint density at radius 2 is 1.33 bits per heavy atom. The second kappa shape index (κ2) is 8.12. The van der Waals surface area contributed by atoms with E-state index in [0.717, 1.165) is 25.7 Å². The zero-order chi connectivity index (χ0) is 13.4. The normalized spacial score (nSPS) is 23.2. The molecule has 0 unspecified atom stereocenters. The fraction of sp³-hybridized carbons (Fsp3) is 1.00. The van der Waals surface area contributed by atoms with Crippen molar-refractivity contribution >= 4 is 10.0 Å². The van der Waals surface area contributed by atoms with Crippen LogP contribution in [0, 0.1) is 0 Å². The summed E-state index contributed by atoms with van der Waals surface area (Å²) in [4.78, 5) is 0. The van der Waals surface area contributed by atoms with Crippen molar-refractivity contribution < 1.29 is 8.42 Å². The molecule has 2 rings (SSSR count). The Balaban J connectivity index is 0.000000199. The lowest BCUT2D eigenvalue weighted by Gasteiger charge is -2.21. The molecule has 5 heteroatoms. The van der Waals surface area contributed by atoms with Gasteiger partial charge >= 0.3 is 0 Å². The number of hydrogen-bond donors (Lipinski definition) is 2. The minimum absolute atomic E-state index is 0.207.